The van der Waals surface area contributed by atoms with E-state index in [0.717, 1.165) is 30.4 Å². The maximum absolute atomic E-state index is 13.1. The van der Waals surface area contributed by atoms with Crippen LogP contribution in [0.15, 0.2) is 41.8 Å². The molecule has 2 aromatic heterocycles. The van der Waals surface area contributed by atoms with Gasteiger partial charge in [0.1, 0.15) is 12.4 Å². The van der Waals surface area contributed by atoms with Crippen molar-refractivity contribution >= 4 is 34.2 Å². The van der Waals surface area contributed by atoms with E-state index in [1.807, 2.05) is 52.1 Å². The first-order valence-corrected chi connectivity index (χ1v) is 11.0. The minimum absolute atomic E-state index is 0.110. The van der Waals surface area contributed by atoms with E-state index in [0.29, 0.717) is 10.7 Å². The first-order valence-electron chi connectivity index (χ1n) is 10.1. The normalized spacial score (nSPS) is 18.0. The molecular formula is C22H26N4O2S. The summed E-state index contributed by atoms with van der Waals surface area (Å²) in [5.74, 6) is 0.689. The Balaban J connectivity index is 1.62. The van der Waals surface area contributed by atoms with Crippen LogP contribution < -0.4 is 5.32 Å². The van der Waals surface area contributed by atoms with Crippen molar-refractivity contribution in [1.82, 2.24) is 19.8 Å². The SMILES string of the molecule is CC(NC(=O)c1cccs1)c1nc2ccccc2n1CC(=O)N1CCCCC1C. The first-order chi connectivity index (χ1) is 14.0. The minimum atomic E-state index is -0.316. The van der Waals surface area contributed by atoms with Crippen molar-refractivity contribution in [2.75, 3.05) is 6.54 Å². The fourth-order valence-corrected chi connectivity index (χ4v) is 4.65. The smallest absolute Gasteiger partial charge is 0.261 e. The molecule has 1 aliphatic heterocycles. The number of likely N-dealkylation sites (tertiary alicyclic amines) is 1. The van der Waals surface area contributed by atoms with Gasteiger partial charge in [0.05, 0.1) is 22.0 Å². The number of benzene rings is 1. The average Bonchev–Trinajstić information content (AvgIpc) is 3.37. The topological polar surface area (TPSA) is 67.2 Å². The summed E-state index contributed by atoms with van der Waals surface area (Å²) in [5.41, 5.74) is 1.75. The van der Waals surface area contributed by atoms with Gasteiger partial charge in [-0.2, -0.15) is 0 Å². The Labute approximate surface area is 174 Å². The molecule has 2 amide bonds. The Morgan fingerprint density at radius 2 is 2.07 bits per heavy atom. The van der Waals surface area contributed by atoms with Gasteiger partial charge in [-0.05, 0) is 56.7 Å². The molecule has 6 nitrogen and oxygen atoms in total. The number of para-hydroxylation sites is 2. The van der Waals surface area contributed by atoms with Crippen molar-refractivity contribution in [3.05, 3.63) is 52.5 Å². The number of nitrogens with one attached hydrogen (secondary N) is 1. The highest BCUT2D eigenvalue weighted by atomic mass is 32.1. The molecule has 0 bridgehead atoms. The Morgan fingerprint density at radius 3 is 2.83 bits per heavy atom. The molecule has 2 unspecified atom stereocenters. The molecule has 1 N–H and O–H groups in total. The van der Waals surface area contributed by atoms with Crippen LogP contribution in [0.5, 0.6) is 0 Å². The van der Waals surface area contributed by atoms with Gasteiger partial charge in [0.25, 0.3) is 5.91 Å². The predicted molar refractivity (Wildman–Crippen MR) is 115 cm³/mol. The van der Waals surface area contributed by atoms with Gasteiger partial charge in [0.15, 0.2) is 0 Å². The number of piperidine rings is 1. The van der Waals surface area contributed by atoms with Gasteiger partial charge >= 0.3 is 0 Å². The number of nitrogens with zero attached hydrogens (tertiary/aromatic N) is 3. The molecule has 1 aliphatic rings. The number of hydrogen-bond acceptors (Lipinski definition) is 4. The van der Waals surface area contributed by atoms with E-state index in [1.165, 1.54) is 17.8 Å². The standard InChI is InChI=1S/C22H26N4O2S/c1-15-8-5-6-12-25(15)20(27)14-26-18-10-4-3-9-17(18)24-21(26)16(2)23-22(28)19-11-7-13-29-19/h3-4,7,9-11,13,15-16H,5-6,8,12,14H2,1-2H3,(H,23,28). The summed E-state index contributed by atoms with van der Waals surface area (Å²) in [6.07, 6.45) is 3.29. The van der Waals surface area contributed by atoms with Gasteiger partial charge in [-0.1, -0.05) is 18.2 Å². The maximum Gasteiger partial charge on any atom is 0.261 e. The Bertz CT molecular complexity index is 1010. The third-order valence-electron chi connectivity index (χ3n) is 5.58. The average molecular weight is 411 g/mol. The number of aromatic nitrogens is 2. The summed E-state index contributed by atoms with van der Waals surface area (Å²) in [7, 11) is 0. The van der Waals surface area contributed by atoms with Crippen LogP contribution in [0.3, 0.4) is 0 Å². The summed E-state index contributed by atoms with van der Waals surface area (Å²) < 4.78 is 1.96. The Kier molecular flexibility index (Phi) is 5.67. The number of imidazole rings is 1. The predicted octanol–water partition coefficient (Wildman–Crippen LogP) is 3.99. The second-order valence-corrected chi connectivity index (χ2v) is 8.60. The molecule has 1 saturated heterocycles. The summed E-state index contributed by atoms with van der Waals surface area (Å²) in [5, 5.41) is 4.91. The Morgan fingerprint density at radius 1 is 1.24 bits per heavy atom. The van der Waals surface area contributed by atoms with Crippen LogP contribution in [-0.2, 0) is 11.3 Å². The zero-order chi connectivity index (χ0) is 20.4. The van der Waals surface area contributed by atoms with Gasteiger partial charge in [-0.25, -0.2) is 4.98 Å². The molecule has 1 aromatic carbocycles. The van der Waals surface area contributed by atoms with Crippen LogP contribution >= 0.6 is 11.3 Å². The van der Waals surface area contributed by atoms with Crippen molar-refractivity contribution in [3.63, 3.8) is 0 Å². The number of rotatable bonds is 5. The summed E-state index contributed by atoms with van der Waals surface area (Å²) in [6, 6.07) is 11.4. The lowest BCUT2D eigenvalue weighted by molar-refractivity contribution is -0.135. The lowest BCUT2D eigenvalue weighted by Gasteiger charge is -2.33. The van der Waals surface area contributed by atoms with Crippen molar-refractivity contribution in [2.24, 2.45) is 0 Å². The lowest BCUT2D eigenvalue weighted by Crippen LogP contribution is -2.44. The molecule has 7 heteroatoms. The molecule has 29 heavy (non-hydrogen) atoms. The zero-order valence-corrected chi connectivity index (χ0v) is 17.6. The highest BCUT2D eigenvalue weighted by Gasteiger charge is 2.26. The molecule has 3 heterocycles. The molecule has 1 fully saturated rings. The first kappa shape index (κ1) is 19.6. The molecule has 3 aromatic rings. The van der Waals surface area contributed by atoms with Crippen LogP contribution in [0.4, 0.5) is 0 Å². The fraction of sp³-hybridized carbons (Fsp3) is 0.409. The van der Waals surface area contributed by atoms with Crippen LogP contribution in [0, 0.1) is 0 Å². The Hall–Kier alpha value is -2.67. The maximum atomic E-state index is 13.1. The second-order valence-electron chi connectivity index (χ2n) is 7.65. The fourth-order valence-electron chi connectivity index (χ4n) is 4.03. The highest BCUT2D eigenvalue weighted by molar-refractivity contribution is 7.12. The number of amides is 2. The van der Waals surface area contributed by atoms with E-state index < -0.39 is 0 Å². The van der Waals surface area contributed by atoms with Crippen molar-refractivity contribution in [2.45, 2.75) is 51.7 Å². The van der Waals surface area contributed by atoms with E-state index in [9.17, 15) is 9.59 Å². The van der Waals surface area contributed by atoms with Gasteiger partial charge in [0.2, 0.25) is 5.91 Å². The van der Waals surface area contributed by atoms with Crippen molar-refractivity contribution < 1.29 is 9.59 Å². The van der Waals surface area contributed by atoms with E-state index in [4.69, 9.17) is 4.98 Å². The monoisotopic (exact) mass is 410 g/mol. The number of thiophene rings is 1. The molecule has 0 spiro atoms. The minimum Gasteiger partial charge on any atom is -0.342 e. The third-order valence-corrected chi connectivity index (χ3v) is 6.45. The third kappa shape index (κ3) is 4.05. The molecule has 0 aliphatic carbocycles. The number of carbonyl (C=O) groups is 2. The van der Waals surface area contributed by atoms with Crippen LogP contribution in [0.2, 0.25) is 0 Å². The van der Waals surface area contributed by atoms with E-state index in [1.54, 1.807) is 6.07 Å². The van der Waals surface area contributed by atoms with Gasteiger partial charge in [-0.15, -0.1) is 11.3 Å². The number of hydrogen-bond donors (Lipinski definition) is 1. The summed E-state index contributed by atoms with van der Waals surface area (Å²) >= 11 is 1.41. The van der Waals surface area contributed by atoms with Gasteiger partial charge in [-0.3, -0.25) is 9.59 Å². The number of carbonyl (C=O) groups excluding carboxylic acids is 2. The van der Waals surface area contributed by atoms with Gasteiger partial charge < -0.3 is 14.8 Å². The largest absolute Gasteiger partial charge is 0.342 e. The van der Waals surface area contributed by atoms with Gasteiger partial charge in [0, 0.05) is 12.6 Å². The van der Waals surface area contributed by atoms with Crippen molar-refractivity contribution in [3.8, 4) is 0 Å². The van der Waals surface area contributed by atoms with E-state index in [-0.39, 0.29) is 30.4 Å². The van der Waals surface area contributed by atoms with Crippen LogP contribution in [0.1, 0.15) is 54.6 Å². The number of fused-ring (bicyclic) bond motifs is 1. The summed E-state index contributed by atoms with van der Waals surface area (Å²) in [6.45, 7) is 5.08. The molecule has 0 saturated carbocycles. The van der Waals surface area contributed by atoms with Crippen molar-refractivity contribution in [1.29, 1.82) is 0 Å². The second kappa shape index (κ2) is 8.37. The van der Waals surface area contributed by atoms with E-state index >= 15 is 0 Å². The highest BCUT2D eigenvalue weighted by Crippen LogP contribution is 2.23. The molecule has 2 atom stereocenters. The summed E-state index contributed by atoms with van der Waals surface area (Å²) in [4.78, 5) is 33.0. The zero-order valence-electron chi connectivity index (χ0n) is 16.8. The molecule has 4 rings (SSSR count). The van der Waals surface area contributed by atoms with E-state index in [2.05, 4.69) is 12.2 Å². The lowest BCUT2D eigenvalue weighted by atomic mass is 10.0. The quantitative estimate of drug-likeness (QED) is 0.692. The molecule has 0 radical (unpaired) electrons. The molecular weight excluding hydrogens is 384 g/mol. The van der Waals surface area contributed by atoms with Crippen LogP contribution in [-0.4, -0.2) is 38.9 Å². The molecule has 152 valence electrons. The van der Waals surface area contributed by atoms with Crippen LogP contribution in [0.25, 0.3) is 11.0 Å².